The molecule has 0 aliphatic rings. The van der Waals surface area contributed by atoms with Crippen molar-refractivity contribution in [1.82, 2.24) is 4.98 Å². The molecule has 0 radical (unpaired) electrons. The molecule has 0 aliphatic heterocycles. The Bertz CT molecular complexity index is 506. The standard InChI is InChI=1S/C15H16N2O/c1-12-7-9-14(16-11-12)17-15(18)10-8-13-5-3-2-4-6-13/h2-7,9,11H,8,10H2,1H3,(H,16,17,18). The van der Waals surface area contributed by atoms with Crippen molar-refractivity contribution in [3.05, 3.63) is 59.8 Å². The Hall–Kier alpha value is -2.16. The van der Waals surface area contributed by atoms with Crippen LogP contribution in [0.5, 0.6) is 0 Å². The second-order valence-electron chi connectivity index (χ2n) is 4.25. The van der Waals surface area contributed by atoms with Crippen LogP contribution in [0.1, 0.15) is 17.5 Å². The quantitative estimate of drug-likeness (QED) is 0.892. The van der Waals surface area contributed by atoms with E-state index in [1.807, 2.05) is 49.4 Å². The van der Waals surface area contributed by atoms with E-state index in [0.29, 0.717) is 12.2 Å². The summed E-state index contributed by atoms with van der Waals surface area (Å²) in [4.78, 5) is 15.9. The molecule has 1 heterocycles. The predicted molar refractivity (Wildman–Crippen MR) is 72.4 cm³/mol. The predicted octanol–water partition coefficient (Wildman–Crippen LogP) is 2.96. The Morgan fingerprint density at radius 1 is 1.17 bits per heavy atom. The van der Waals surface area contributed by atoms with E-state index < -0.39 is 0 Å². The van der Waals surface area contributed by atoms with Gasteiger partial charge in [0.05, 0.1) is 0 Å². The van der Waals surface area contributed by atoms with E-state index in [1.165, 1.54) is 5.56 Å². The van der Waals surface area contributed by atoms with E-state index in [-0.39, 0.29) is 5.91 Å². The van der Waals surface area contributed by atoms with Gasteiger partial charge in [-0.1, -0.05) is 36.4 Å². The third-order valence-electron chi connectivity index (χ3n) is 2.66. The highest BCUT2D eigenvalue weighted by Crippen LogP contribution is 2.06. The van der Waals surface area contributed by atoms with Crippen molar-refractivity contribution in [1.29, 1.82) is 0 Å². The molecule has 2 aromatic rings. The largest absolute Gasteiger partial charge is 0.311 e. The second-order valence-corrected chi connectivity index (χ2v) is 4.25. The number of nitrogens with one attached hydrogen (secondary N) is 1. The molecule has 0 atom stereocenters. The van der Waals surface area contributed by atoms with Crippen LogP contribution in [0.15, 0.2) is 48.7 Å². The summed E-state index contributed by atoms with van der Waals surface area (Å²) in [5, 5.41) is 2.79. The molecule has 0 unspecified atom stereocenters. The van der Waals surface area contributed by atoms with Gasteiger partial charge in [0.15, 0.2) is 0 Å². The highest BCUT2D eigenvalue weighted by molar-refractivity contribution is 5.89. The molecule has 0 bridgehead atoms. The van der Waals surface area contributed by atoms with Crippen molar-refractivity contribution in [3.63, 3.8) is 0 Å². The van der Waals surface area contributed by atoms with E-state index in [9.17, 15) is 4.79 Å². The molecule has 92 valence electrons. The van der Waals surface area contributed by atoms with Crippen LogP contribution in [0, 0.1) is 6.92 Å². The molecule has 3 heteroatoms. The first-order valence-electron chi connectivity index (χ1n) is 6.00. The molecule has 1 N–H and O–H groups in total. The van der Waals surface area contributed by atoms with Crippen LogP contribution in [-0.4, -0.2) is 10.9 Å². The maximum absolute atomic E-state index is 11.7. The Kier molecular flexibility index (Phi) is 4.07. The summed E-state index contributed by atoms with van der Waals surface area (Å²) in [6, 6.07) is 13.7. The van der Waals surface area contributed by atoms with Gasteiger partial charge in [-0.05, 0) is 30.5 Å². The molecule has 2 rings (SSSR count). The van der Waals surface area contributed by atoms with Crippen LogP contribution in [0.3, 0.4) is 0 Å². The SMILES string of the molecule is Cc1ccc(NC(=O)CCc2ccccc2)nc1. The smallest absolute Gasteiger partial charge is 0.225 e. The summed E-state index contributed by atoms with van der Waals surface area (Å²) < 4.78 is 0. The Labute approximate surface area is 107 Å². The number of aromatic nitrogens is 1. The third-order valence-corrected chi connectivity index (χ3v) is 2.66. The van der Waals surface area contributed by atoms with E-state index >= 15 is 0 Å². The molecule has 1 aromatic heterocycles. The van der Waals surface area contributed by atoms with Crippen molar-refractivity contribution < 1.29 is 4.79 Å². The molecular formula is C15H16N2O. The van der Waals surface area contributed by atoms with Crippen molar-refractivity contribution >= 4 is 11.7 Å². The lowest BCUT2D eigenvalue weighted by Crippen LogP contribution is -2.13. The van der Waals surface area contributed by atoms with Gasteiger partial charge in [0.25, 0.3) is 0 Å². The summed E-state index contributed by atoms with van der Waals surface area (Å²) in [6.07, 6.45) is 2.96. The van der Waals surface area contributed by atoms with Gasteiger partial charge < -0.3 is 5.32 Å². The van der Waals surface area contributed by atoms with Crippen LogP contribution in [-0.2, 0) is 11.2 Å². The number of amides is 1. The number of hydrogen-bond donors (Lipinski definition) is 1. The summed E-state index contributed by atoms with van der Waals surface area (Å²) in [5.74, 6) is 0.605. The van der Waals surface area contributed by atoms with Crippen molar-refractivity contribution in [2.75, 3.05) is 5.32 Å². The van der Waals surface area contributed by atoms with E-state index in [0.717, 1.165) is 12.0 Å². The van der Waals surface area contributed by atoms with E-state index in [1.54, 1.807) is 6.20 Å². The average molecular weight is 240 g/mol. The molecule has 1 aromatic carbocycles. The van der Waals surface area contributed by atoms with Gasteiger partial charge in [-0.15, -0.1) is 0 Å². The number of hydrogen-bond acceptors (Lipinski definition) is 2. The van der Waals surface area contributed by atoms with Crippen LogP contribution in [0.25, 0.3) is 0 Å². The fourth-order valence-electron chi connectivity index (χ4n) is 1.65. The molecule has 0 saturated heterocycles. The number of carbonyl (C=O) groups excluding carboxylic acids is 1. The number of pyridine rings is 1. The van der Waals surface area contributed by atoms with Crippen LogP contribution >= 0.6 is 0 Å². The summed E-state index contributed by atoms with van der Waals surface area (Å²) in [6.45, 7) is 1.97. The summed E-state index contributed by atoms with van der Waals surface area (Å²) >= 11 is 0. The highest BCUT2D eigenvalue weighted by Gasteiger charge is 2.03. The zero-order valence-electron chi connectivity index (χ0n) is 10.4. The fraction of sp³-hybridized carbons (Fsp3) is 0.200. The van der Waals surface area contributed by atoms with Gasteiger partial charge in [-0.3, -0.25) is 4.79 Å². The number of anilines is 1. The monoisotopic (exact) mass is 240 g/mol. The van der Waals surface area contributed by atoms with Gasteiger partial charge in [-0.2, -0.15) is 0 Å². The first-order valence-corrected chi connectivity index (χ1v) is 6.00. The number of nitrogens with zero attached hydrogens (tertiary/aromatic N) is 1. The molecule has 0 spiro atoms. The van der Waals surface area contributed by atoms with Crippen LogP contribution in [0.4, 0.5) is 5.82 Å². The Morgan fingerprint density at radius 3 is 2.61 bits per heavy atom. The minimum atomic E-state index is -0.00444. The lowest BCUT2D eigenvalue weighted by molar-refractivity contribution is -0.116. The van der Waals surface area contributed by atoms with Crippen LogP contribution in [0.2, 0.25) is 0 Å². The highest BCUT2D eigenvalue weighted by atomic mass is 16.1. The Balaban J connectivity index is 1.84. The fourth-order valence-corrected chi connectivity index (χ4v) is 1.65. The van der Waals surface area contributed by atoms with Crippen molar-refractivity contribution in [3.8, 4) is 0 Å². The maximum atomic E-state index is 11.7. The minimum absolute atomic E-state index is 0.00444. The Morgan fingerprint density at radius 2 is 1.94 bits per heavy atom. The van der Waals surface area contributed by atoms with Gasteiger partial charge in [-0.25, -0.2) is 4.98 Å². The average Bonchev–Trinajstić information content (AvgIpc) is 2.40. The first kappa shape index (κ1) is 12.3. The molecule has 0 fully saturated rings. The van der Waals surface area contributed by atoms with Gasteiger partial charge in [0, 0.05) is 12.6 Å². The zero-order chi connectivity index (χ0) is 12.8. The lowest BCUT2D eigenvalue weighted by atomic mass is 10.1. The summed E-state index contributed by atoms with van der Waals surface area (Å²) in [7, 11) is 0. The third kappa shape index (κ3) is 3.70. The molecule has 0 aliphatic carbocycles. The van der Waals surface area contributed by atoms with E-state index in [2.05, 4.69) is 10.3 Å². The number of rotatable bonds is 4. The molecule has 0 saturated carbocycles. The van der Waals surface area contributed by atoms with Crippen molar-refractivity contribution in [2.45, 2.75) is 19.8 Å². The number of carbonyl (C=O) groups is 1. The van der Waals surface area contributed by atoms with Crippen molar-refractivity contribution in [2.24, 2.45) is 0 Å². The van der Waals surface area contributed by atoms with E-state index in [4.69, 9.17) is 0 Å². The topological polar surface area (TPSA) is 42.0 Å². The van der Waals surface area contributed by atoms with Crippen LogP contribution < -0.4 is 5.32 Å². The van der Waals surface area contributed by atoms with Gasteiger partial charge in [0.1, 0.15) is 5.82 Å². The number of benzene rings is 1. The molecular weight excluding hydrogens is 224 g/mol. The zero-order valence-corrected chi connectivity index (χ0v) is 10.4. The van der Waals surface area contributed by atoms with Gasteiger partial charge in [0.2, 0.25) is 5.91 Å². The normalized spacial score (nSPS) is 10.1. The minimum Gasteiger partial charge on any atom is -0.311 e. The first-order chi connectivity index (χ1) is 8.74. The lowest BCUT2D eigenvalue weighted by Gasteiger charge is -2.04. The maximum Gasteiger partial charge on any atom is 0.225 e. The molecule has 18 heavy (non-hydrogen) atoms. The second kappa shape index (κ2) is 5.96. The summed E-state index contributed by atoms with van der Waals surface area (Å²) in [5.41, 5.74) is 2.25. The molecule has 1 amide bonds. The number of aryl methyl sites for hydroxylation is 2. The van der Waals surface area contributed by atoms with Gasteiger partial charge >= 0.3 is 0 Å². The molecule has 3 nitrogen and oxygen atoms in total.